The van der Waals surface area contributed by atoms with Crippen molar-refractivity contribution in [2.24, 2.45) is 0 Å². The predicted molar refractivity (Wildman–Crippen MR) is 109 cm³/mol. The van der Waals surface area contributed by atoms with Gasteiger partial charge >= 0.3 is 0 Å². The van der Waals surface area contributed by atoms with Crippen LogP contribution in [0.3, 0.4) is 0 Å². The van der Waals surface area contributed by atoms with E-state index in [9.17, 15) is 14.0 Å². The van der Waals surface area contributed by atoms with Crippen LogP contribution in [0.25, 0.3) is 10.8 Å². The molecular formula is C23H20FN3O2. The highest BCUT2D eigenvalue weighted by Gasteiger charge is 2.23. The molecule has 1 atom stereocenters. The number of nitriles is 1. The summed E-state index contributed by atoms with van der Waals surface area (Å²) in [6.45, 7) is 0.180. The van der Waals surface area contributed by atoms with Crippen molar-refractivity contribution >= 4 is 22.6 Å². The minimum atomic E-state index is -0.901. The number of rotatable bonds is 7. The average molecular weight is 389 g/mol. The van der Waals surface area contributed by atoms with Gasteiger partial charge in [0.2, 0.25) is 5.91 Å². The van der Waals surface area contributed by atoms with Gasteiger partial charge in [0.25, 0.3) is 5.91 Å². The van der Waals surface area contributed by atoms with Crippen LogP contribution in [0, 0.1) is 17.1 Å². The van der Waals surface area contributed by atoms with Gasteiger partial charge in [-0.2, -0.15) is 5.26 Å². The van der Waals surface area contributed by atoms with Gasteiger partial charge in [0, 0.05) is 13.0 Å². The maximum atomic E-state index is 13.9. The number of hydrogen-bond donors (Lipinski definition) is 2. The Bertz CT molecular complexity index is 1070. The van der Waals surface area contributed by atoms with Crippen LogP contribution in [0.1, 0.15) is 22.3 Å². The predicted octanol–water partition coefficient (Wildman–Crippen LogP) is 3.35. The van der Waals surface area contributed by atoms with Crippen LogP contribution in [-0.2, 0) is 11.2 Å². The van der Waals surface area contributed by atoms with Gasteiger partial charge in [0.1, 0.15) is 11.9 Å². The Morgan fingerprint density at radius 1 is 1.00 bits per heavy atom. The van der Waals surface area contributed by atoms with Crippen molar-refractivity contribution in [1.82, 2.24) is 10.6 Å². The first-order valence-electron chi connectivity index (χ1n) is 9.26. The van der Waals surface area contributed by atoms with Gasteiger partial charge in [-0.15, -0.1) is 0 Å². The number of benzene rings is 3. The van der Waals surface area contributed by atoms with E-state index in [0.29, 0.717) is 0 Å². The second-order valence-corrected chi connectivity index (χ2v) is 6.59. The van der Waals surface area contributed by atoms with Crippen molar-refractivity contribution in [1.29, 1.82) is 5.26 Å². The molecule has 0 bridgehead atoms. The minimum absolute atomic E-state index is 0.124. The van der Waals surface area contributed by atoms with E-state index in [-0.39, 0.29) is 24.9 Å². The zero-order valence-corrected chi connectivity index (χ0v) is 15.7. The fourth-order valence-electron chi connectivity index (χ4n) is 3.06. The van der Waals surface area contributed by atoms with Crippen molar-refractivity contribution in [3.63, 3.8) is 0 Å². The third-order valence-corrected chi connectivity index (χ3v) is 4.53. The normalized spacial score (nSPS) is 11.4. The highest BCUT2D eigenvalue weighted by Crippen LogP contribution is 2.17. The summed E-state index contributed by atoms with van der Waals surface area (Å²) in [6, 6.07) is 20.3. The first-order valence-corrected chi connectivity index (χ1v) is 9.26. The quantitative estimate of drug-likeness (QED) is 0.608. The lowest BCUT2D eigenvalue weighted by atomic mass is 10.0. The van der Waals surface area contributed by atoms with Crippen LogP contribution in [0.4, 0.5) is 4.39 Å². The third-order valence-electron chi connectivity index (χ3n) is 4.53. The van der Waals surface area contributed by atoms with Crippen molar-refractivity contribution < 1.29 is 14.0 Å². The smallest absolute Gasteiger partial charge is 0.254 e. The Balaban J connectivity index is 1.81. The number of hydrogen-bond acceptors (Lipinski definition) is 3. The molecule has 29 heavy (non-hydrogen) atoms. The first-order chi connectivity index (χ1) is 14.1. The monoisotopic (exact) mass is 389 g/mol. The van der Waals surface area contributed by atoms with Gasteiger partial charge in [-0.25, -0.2) is 4.39 Å². The summed E-state index contributed by atoms with van der Waals surface area (Å²) in [4.78, 5) is 25.1. The zero-order chi connectivity index (χ0) is 20.6. The summed E-state index contributed by atoms with van der Waals surface area (Å²) in [5, 5.41) is 16.0. The molecule has 3 aromatic carbocycles. The van der Waals surface area contributed by atoms with E-state index < -0.39 is 23.7 Å². The molecule has 1 unspecified atom stereocenters. The lowest BCUT2D eigenvalue weighted by Gasteiger charge is -2.19. The number of nitrogens with zero attached hydrogens (tertiary/aromatic N) is 1. The van der Waals surface area contributed by atoms with Crippen molar-refractivity contribution in [2.75, 3.05) is 6.54 Å². The van der Waals surface area contributed by atoms with Crippen molar-refractivity contribution in [2.45, 2.75) is 18.9 Å². The van der Waals surface area contributed by atoms with Crippen LogP contribution >= 0.6 is 0 Å². The summed E-state index contributed by atoms with van der Waals surface area (Å²) < 4.78 is 13.9. The van der Waals surface area contributed by atoms with Crippen LogP contribution in [0.15, 0.2) is 66.7 Å². The summed E-state index contributed by atoms with van der Waals surface area (Å²) in [6.07, 6.45) is 0.402. The van der Waals surface area contributed by atoms with Gasteiger partial charge in [-0.05, 0) is 28.5 Å². The van der Waals surface area contributed by atoms with Gasteiger partial charge in [0.05, 0.1) is 18.1 Å². The lowest BCUT2D eigenvalue weighted by Crippen LogP contribution is -2.48. The minimum Gasteiger partial charge on any atom is -0.353 e. The lowest BCUT2D eigenvalue weighted by molar-refractivity contribution is -0.122. The fourth-order valence-corrected chi connectivity index (χ4v) is 3.06. The van der Waals surface area contributed by atoms with Crippen LogP contribution < -0.4 is 10.6 Å². The van der Waals surface area contributed by atoms with E-state index in [0.717, 1.165) is 16.3 Å². The van der Waals surface area contributed by atoms with Crippen molar-refractivity contribution in [3.05, 3.63) is 83.7 Å². The molecule has 0 saturated heterocycles. The summed E-state index contributed by atoms with van der Waals surface area (Å²) in [7, 11) is 0. The maximum absolute atomic E-state index is 13.9. The summed E-state index contributed by atoms with van der Waals surface area (Å²) in [5.41, 5.74) is 0.735. The number of carbonyl (C=O) groups is 2. The Morgan fingerprint density at radius 2 is 1.72 bits per heavy atom. The van der Waals surface area contributed by atoms with E-state index >= 15 is 0 Å². The fraction of sp³-hybridized carbons (Fsp3) is 0.174. The molecule has 6 heteroatoms. The molecule has 0 radical (unpaired) electrons. The molecule has 0 aromatic heterocycles. The second kappa shape index (κ2) is 9.47. The Morgan fingerprint density at radius 3 is 2.48 bits per heavy atom. The topological polar surface area (TPSA) is 82.0 Å². The summed E-state index contributed by atoms with van der Waals surface area (Å²) in [5.74, 6) is -1.73. The molecule has 0 fully saturated rings. The molecule has 5 nitrogen and oxygen atoms in total. The molecule has 0 heterocycles. The van der Waals surface area contributed by atoms with Crippen LogP contribution in [0.5, 0.6) is 0 Å². The first kappa shape index (κ1) is 20.0. The third kappa shape index (κ3) is 5.17. The molecule has 2 N–H and O–H groups in total. The number of halogens is 1. The maximum Gasteiger partial charge on any atom is 0.254 e. The van der Waals surface area contributed by atoms with Gasteiger partial charge in [0.15, 0.2) is 0 Å². The summed E-state index contributed by atoms with van der Waals surface area (Å²) >= 11 is 0. The van der Waals surface area contributed by atoms with E-state index in [2.05, 4.69) is 10.6 Å². The van der Waals surface area contributed by atoms with Gasteiger partial charge in [-0.1, -0.05) is 54.6 Å². The van der Waals surface area contributed by atoms with Gasteiger partial charge < -0.3 is 10.6 Å². The Hall–Kier alpha value is -3.72. The number of amides is 2. The highest BCUT2D eigenvalue weighted by molar-refractivity contribution is 5.97. The van der Waals surface area contributed by atoms with E-state index in [1.54, 1.807) is 6.07 Å². The van der Waals surface area contributed by atoms with E-state index in [4.69, 9.17) is 5.26 Å². The molecule has 0 spiro atoms. The molecular weight excluding hydrogens is 369 g/mol. The zero-order valence-electron chi connectivity index (χ0n) is 15.7. The van der Waals surface area contributed by atoms with E-state index in [1.165, 1.54) is 18.2 Å². The van der Waals surface area contributed by atoms with Gasteiger partial charge in [-0.3, -0.25) is 9.59 Å². The molecule has 0 aliphatic rings. The molecule has 0 aliphatic carbocycles. The van der Waals surface area contributed by atoms with Crippen molar-refractivity contribution in [3.8, 4) is 6.07 Å². The second-order valence-electron chi connectivity index (χ2n) is 6.59. The number of fused-ring (bicyclic) bond motifs is 1. The number of carbonyl (C=O) groups excluding carboxylic acids is 2. The molecule has 3 aromatic rings. The van der Waals surface area contributed by atoms with Crippen LogP contribution in [0.2, 0.25) is 0 Å². The Labute approximate surface area is 168 Å². The SMILES string of the molecule is N#CCCNC(=O)C(Cc1ccc2ccccc2c1)NC(=O)c1ccccc1F. The Kier molecular flexibility index (Phi) is 6.54. The number of nitrogens with one attached hydrogen (secondary N) is 2. The molecule has 0 saturated carbocycles. The molecule has 3 rings (SSSR count). The highest BCUT2D eigenvalue weighted by atomic mass is 19.1. The average Bonchev–Trinajstić information content (AvgIpc) is 2.73. The molecule has 146 valence electrons. The molecule has 0 aliphatic heterocycles. The van der Waals surface area contributed by atoms with Crippen LogP contribution in [-0.4, -0.2) is 24.4 Å². The molecule has 2 amide bonds. The standard InChI is InChI=1S/C23H20FN3O2/c24-20-9-4-3-8-19(20)22(28)27-21(23(29)26-13-5-12-25)15-16-10-11-17-6-1-2-7-18(17)14-16/h1-4,6-11,14,21H,5,13,15H2,(H,26,29)(H,27,28). The van der Waals surface area contributed by atoms with E-state index in [1.807, 2.05) is 48.5 Å². The largest absolute Gasteiger partial charge is 0.353 e.